The molecule has 1 aliphatic heterocycles. The van der Waals surface area contributed by atoms with Crippen LogP contribution in [0.25, 0.3) is 0 Å². The van der Waals surface area contributed by atoms with Crippen LogP contribution >= 0.6 is 0 Å². The number of halogens is 1. The Morgan fingerprint density at radius 3 is 2.95 bits per heavy atom. The Morgan fingerprint density at radius 1 is 1.53 bits per heavy atom. The molecule has 1 N–H and O–H groups in total. The maximum Gasteiger partial charge on any atom is 0.227 e. The molecule has 1 aromatic carbocycles. The van der Waals surface area contributed by atoms with E-state index in [-0.39, 0.29) is 17.6 Å². The molecule has 1 atom stereocenters. The van der Waals surface area contributed by atoms with Gasteiger partial charge in [0.25, 0.3) is 0 Å². The van der Waals surface area contributed by atoms with Gasteiger partial charge in [0.2, 0.25) is 5.91 Å². The first-order chi connectivity index (χ1) is 9.08. The van der Waals surface area contributed by atoms with Gasteiger partial charge in [0.05, 0.1) is 5.92 Å². The van der Waals surface area contributed by atoms with Crippen LogP contribution in [-0.2, 0) is 11.3 Å². The van der Waals surface area contributed by atoms with Crippen molar-refractivity contribution in [3.63, 3.8) is 0 Å². The summed E-state index contributed by atoms with van der Waals surface area (Å²) in [5.74, 6) is 0.0590. The molecule has 1 aromatic rings. The maximum absolute atomic E-state index is 13.2. The number of rotatable bonds is 3. The molecule has 1 aliphatic rings. The Kier molecular flexibility index (Phi) is 4.53. The third-order valence-corrected chi connectivity index (χ3v) is 3.66. The van der Waals surface area contributed by atoms with Gasteiger partial charge in [0.1, 0.15) is 5.82 Å². The van der Waals surface area contributed by atoms with Gasteiger partial charge in [0.15, 0.2) is 0 Å². The van der Waals surface area contributed by atoms with Crippen molar-refractivity contribution in [1.82, 2.24) is 10.2 Å². The molecular formula is C15H21FN2O. The van der Waals surface area contributed by atoms with E-state index in [0.717, 1.165) is 31.5 Å². The number of piperidine rings is 1. The lowest BCUT2D eigenvalue weighted by Gasteiger charge is -2.27. The zero-order valence-corrected chi connectivity index (χ0v) is 11.6. The topological polar surface area (TPSA) is 32.3 Å². The Morgan fingerprint density at radius 2 is 2.32 bits per heavy atom. The van der Waals surface area contributed by atoms with E-state index in [9.17, 15) is 9.18 Å². The van der Waals surface area contributed by atoms with Crippen LogP contribution in [0.3, 0.4) is 0 Å². The number of carbonyl (C=O) groups is 1. The van der Waals surface area contributed by atoms with Crippen LogP contribution in [0.15, 0.2) is 18.2 Å². The average molecular weight is 264 g/mol. The zero-order chi connectivity index (χ0) is 13.8. The molecule has 2 rings (SSSR count). The van der Waals surface area contributed by atoms with Crippen LogP contribution in [0, 0.1) is 18.7 Å². The van der Waals surface area contributed by atoms with Crippen molar-refractivity contribution in [2.24, 2.45) is 5.92 Å². The molecule has 1 fully saturated rings. The van der Waals surface area contributed by atoms with Gasteiger partial charge in [-0.2, -0.15) is 0 Å². The molecule has 0 radical (unpaired) electrons. The van der Waals surface area contributed by atoms with Gasteiger partial charge in [-0.15, -0.1) is 0 Å². The summed E-state index contributed by atoms with van der Waals surface area (Å²) in [6.07, 6.45) is 2.01. The normalized spacial score (nSPS) is 19.2. The minimum Gasteiger partial charge on any atom is -0.341 e. The molecule has 0 spiro atoms. The number of nitrogens with one attached hydrogen (secondary N) is 1. The summed E-state index contributed by atoms with van der Waals surface area (Å²) in [6.45, 7) is 4.05. The molecule has 3 nitrogen and oxygen atoms in total. The highest BCUT2D eigenvalue weighted by atomic mass is 19.1. The average Bonchev–Trinajstić information content (AvgIpc) is 2.43. The lowest BCUT2D eigenvalue weighted by atomic mass is 9.98. The van der Waals surface area contributed by atoms with Crippen LogP contribution in [0.1, 0.15) is 24.0 Å². The molecule has 1 heterocycles. The fourth-order valence-corrected chi connectivity index (χ4v) is 2.53. The third-order valence-electron chi connectivity index (χ3n) is 3.66. The number of aryl methyl sites for hydroxylation is 1. The fraction of sp³-hybridized carbons (Fsp3) is 0.533. The summed E-state index contributed by atoms with van der Waals surface area (Å²) in [5, 5.41) is 3.25. The Bertz CT molecular complexity index is 455. The second-order valence-corrected chi connectivity index (χ2v) is 5.32. The lowest BCUT2D eigenvalue weighted by Crippen LogP contribution is -2.41. The number of carbonyl (C=O) groups excluding carboxylic acids is 1. The minimum absolute atomic E-state index is 0.0836. The Labute approximate surface area is 113 Å². The molecular weight excluding hydrogens is 243 g/mol. The van der Waals surface area contributed by atoms with Crippen molar-refractivity contribution in [3.05, 3.63) is 35.1 Å². The van der Waals surface area contributed by atoms with Crippen LogP contribution in [-0.4, -0.2) is 30.9 Å². The highest BCUT2D eigenvalue weighted by Crippen LogP contribution is 2.16. The van der Waals surface area contributed by atoms with Crippen molar-refractivity contribution in [2.75, 3.05) is 20.1 Å². The molecule has 4 heteroatoms. The zero-order valence-electron chi connectivity index (χ0n) is 11.6. The predicted molar refractivity (Wildman–Crippen MR) is 73.2 cm³/mol. The van der Waals surface area contributed by atoms with Crippen molar-refractivity contribution in [2.45, 2.75) is 26.3 Å². The first-order valence-corrected chi connectivity index (χ1v) is 6.78. The van der Waals surface area contributed by atoms with Crippen LogP contribution in [0.4, 0.5) is 4.39 Å². The van der Waals surface area contributed by atoms with E-state index in [1.54, 1.807) is 24.0 Å². The standard InChI is InChI=1S/C15H21FN2O/c1-11-8-12(5-6-14(11)16)10-18(2)15(19)13-4-3-7-17-9-13/h5-6,8,13,17H,3-4,7,9-10H2,1-2H3. The molecule has 104 valence electrons. The summed E-state index contributed by atoms with van der Waals surface area (Å²) >= 11 is 0. The number of nitrogens with zero attached hydrogens (tertiary/aromatic N) is 1. The molecule has 1 amide bonds. The highest BCUT2D eigenvalue weighted by molar-refractivity contribution is 5.78. The van der Waals surface area contributed by atoms with Crippen molar-refractivity contribution < 1.29 is 9.18 Å². The summed E-state index contributed by atoms with van der Waals surface area (Å²) < 4.78 is 13.2. The Balaban J connectivity index is 1.97. The van der Waals surface area contributed by atoms with Gasteiger partial charge in [-0.25, -0.2) is 4.39 Å². The first-order valence-electron chi connectivity index (χ1n) is 6.78. The molecule has 0 saturated carbocycles. The second kappa shape index (κ2) is 6.15. The van der Waals surface area contributed by atoms with Crippen LogP contribution in [0.2, 0.25) is 0 Å². The molecule has 1 saturated heterocycles. The summed E-state index contributed by atoms with van der Waals surface area (Å²) in [5.41, 5.74) is 1.59. The van der Waals surface area contributed by atoms with Gasteiger partial charge in [-0.1, -0.05) is 12.1 Å². The van der Waals surface area contributed by atoms with E-state index in [2.05, 4.69) is 5.32 Å². The van der Waals surface area contributed by atoms with E-state index in [1.165, 1.54) is 6.07 Å². The van der Waals surface area contributed by atoms with E-state index in [1.807, 2.05) is 7.05 Å². The summed E-state index contributed by atoms with van der Waals surface area (Å²) in [7, 11) is 1.82. The van der Waals surface area contributed by atoms with Gasteiger partial charge in [-0.05, 0) is 43.5 Å². The maximum atomic E-state index is 13.2. The highest BCUT2D eigenvalue weighted by Gasteiger charge is 2.23. The quantitative estimate of drug-likeness (QED) is 0.906. The lowest BCUT2D eigenvalue weighted by molar-refractivity contribution is -0.135. The summed E-state index contributed by atoms with van der Waals surface area (Å²) in [6, 6.07) is 5.01. The van der Waals surface area contributed by atoms with Gasteiger partial charge < -0.3 is 10.2 Å². The first kappa shape index (κ1) is 14.0. The molecule has 0 aliphatic carbocycles. The monoisotopic (exact) mass is 264 g/mol. The van der Waals surface area contributed by atoms with Crippen molar-refractivity contribution in [1.29, 1.82) is 0 Å². The van der Waals surface area contributed by atoms with Gasteiger partial charge in [0, 0.05) is 20.1 Å². The fourth-order valence-electron chi connectivity index (χ4n) is 2.53. The van der Waals surface area contributed by atoms with Crippen LogP contribution in [0.5, 0.6) is 0 Å². The predicted octanol–water partition coefficient (Wildman–Crippen LogP) is 2.09. The largest absolute Gasteiger partial charge is 0.341 e. The molecule has 0 bridgehead atoms. The number of hydrogen-bond acceptors (Lipinski definition) is 2. The molecule has 0 aromatic heterocycles. The number of hydrogen-bond donors (Lipinski definition) is 1. The second-order valence-electron chi connectivity index (χ2n) is 5.32. The van der Waals surface area contributed by atoms with Gasteiger partial charge in [-0.3, -0.25) is 4.79 Å². The van der Waals surface area contributed by atoms with E-state index in [0.29, 0.717) is 12.1 Å². The van der Waals surface area contributed by atoms with E-state index < -0.39 is 0 Å². The van der Waals surface area contributed by atoms with Crippen LogP contribution < -0.4 is 5.32 Å². The van der Waals surface area contributed by atoms with Crippen molar-refractivity contribution >= 4 is 5.91 Å². The molecule has 1 unspecified atom stereocenters. The summed E-state index contributed by atoms with van der Waals surface area (Å²) in [4.78, 5) is 14.0. The molecule has 19 heavy (non-hydrogen) atoms. The number of amides is 1. The SMILES string of the molecule is Cc1cc(CN(C)C(=O)C2CCCNC2)ccc1F. The minimum atomic E-state index is -0.200. The third kappa shape index (κ3) is 3.53. The smallest absolute Gasteiger partial charge is 0.227 e. The van der Waals surface area contributed by atoms with Gasteiger partial charge >= 0.3 is 0 Å². The number of benzene rings is 1. The van der Waals surface area contributed by atoms with E-state index in [4.69, 9.17) is 0 Å². The van der Waals surface area contributed by atoms with Crippen molar-refractivity contribution in [3.8, 4) is 0 Å². The van der Waals surface area contributed by atoms with E-state index >= 15 is 0 Å². The Hall–Kier alpha value is -1.42.